The molecule has 1 heterocycles. The maximum Gasteiger partial charge on any atom is 0.123 e. The monoisotopic (exact) mass is 374 g/mol. The van der Waals surface area contributed by atoms with E-state index in [2.05, 4.69) is 19.1 Å². The van der Waals surface area contributed by atoms with Crippen LogP contribution in [0.2, 0.25) is 0 Å². The molecule has 140 valence electrons. The fourth-order valence-electron chi connectivity index (χ4n) is 3.47. The lowest BCUT2D eigenvalue weighted by atomic mass is 10.0. The van der Waals surface area contributed by atoms with Crippen LogP contribution in [0.5, 0.6) is 0 Å². The Bertz CT molecular complexity index is 1110. The van der Waals surface area contributed by atoms with Crippen molar-refractivity contribution in [3.05, 3.63) is 101 Å². The maximum atomic E-state index is 13.5. The molecule has 4 heteroatoms. The highest BCUT2D eigenvalue weighted by Gasteiger charge is 2.18. The number of halogens is 2. The molecule has 4 aromatic rings. The zero-order valence-electron chi connectivity index (χ0n) is 15.8. The van der Waals surface area contributed by atoms with Crippen molar-refractivity contribution in [2.24, 2.45) is 0 Å². The minimum absolute atomic E-state index is 0.273. The number of hydrogen-bond donors (Lipinski definition) is 0. The van der Waals surface area contributed by atoms with Gasteiger partial charge in [0.15, 0.2) is 0 Å². The largest absolute Gasteiger partial charge is 0.260 e. The van der Waals surface area contributed by atoms with Crippen LogP contribution >= 0.6 is 0 Å². The molecule has 28 heavy (non-hydrogen) atoms. The van der Waals surface area contributed by atoms with E-state index in [1.807, 2.05) is 23.7 Å². The SMILES string of the molecule is Cc1ccccc1Cn1nc(-c2ccc(F)cc2)c(C)c1-c1ccc(F)cc1. The normalized spacial score (nSPS) is 11.0. The van der Waals surface area contributed by atoms with Crippen molar-refractivity contribution in [2.45, 2.75) is 20.4 Å². The van der Waals surface area contributed by atoms with Gasteiger partial charge in [-0.3, -0.25) is 4.68 Å². The summed E-state index contributed by atoms with van der Waals surface area (Å²) in [6.07, 6.45) is 0. The van der Waals surface area contributed by atoms with Gasteiger partial charge in [0.05, 0.1) is 17.9 Å². The molecular weight excluding hydrogens is 354 g/mol. The Morgan fingerprint density at radius 2 is 1.32 bits per heavy atom. The van der Waals surface area contributed by atoms with Crippen LogP contribution < -0.4 is 0 Å². The summed E-state index contributed by atoms with van der Waals surface area (Å²) in [5.41, 5.74) is 6.81. The third-order valence-corrected chi connectivity index (χ3v) is 5.01. The van der Waals surface area contributed by atoms with Gasteiger partial charge in [-0.15, -0.1) is 0 Å². The van der Waals surface area contributed by atoms with E-state index in [0.717, 1.165) is 28.1 Å². The van der Waals surface area contributed by atoms with E-state index >= 15 is 0 Å². The molecule has 0 atom stereocenters. The van der Waals surface area contributed by atoms with Crippen molar-refractivity contribution in [3.63, 3.8) is 0 Å². The predicted molar refractivity (Wildman–Crippen MR) is 108 cm³/mol. The summed E-state index contributed by atoms with van der Waals surface area (Å²) in [6, 6.07) is 21.0. The first-order valence-electron chi connectivity index (χ1n) is 9.17. The molecule has 0 aliphatic heterocycles. The van der Waals surface area contributed by atoms with Crippen molar-refractivity contribution in [2.75, 3.05) is 0 Å². The molecule has 0 saturated heterocycles. The molecule has 3 aromatic carbocycles. The summed E-state index contributed by atoms with van der Waals surface area (Å²) in [6.45, 7) is 4.67. The molecular formula is C24H20F2N2. The first-order valence-corrected chi connectivity index (χ1v) is 9.17. The first-order chi connectivity index (χ1) is 13.5. The Morgan fingerprint density at radius 3 is 1.93 bits per heavy atom. The van der Waals surface area contributed by atoms with Crippen LogP contribution in [-0.2, 0) is 6.54 Å². The van der Waals surface area contributed by atoms with Crippen LogP contribution in [0, 0.1) is 25.5 Å². The molecule has 4 rings (SSSR count). The smallest absolute Gasteiger partial charge is 0.123 e. The van der Waals surface area contributed by atoms with Crippen LogP contribution in [-0.4, -0.2) is 9.78 Å². The summed E-state index contributed by atoms with van der Waals surface area (Å²) in [5.74, 6) is -0.551. The summed E-state index contributed by atoms with van der Waals surface area (Å²) < 4.78 is 28.8. The summed E-state index contributed by atoms with van der Waals surface area (Å²) in [4.78, 5) is 0. The van der Waals surface area contributed by atoms with Gasteiger partial charge in [-0.05, 0) is 73.5 Å². The zero-order chi connectivity index (χ0) is 19.7. The van der Waals surface area contributed by atoms with E-state index in [1.54, 1.807) is 24.3 Å². The number of hydrogen-bond acceptors (Lipinski definition) is 1. The molecule has 0 saturated carbocycles. The first kappa shape index (κ1) is 18.1. The number of benzene rings is 3. The fraction of sp³-hybridized carbons (Fsp3) is 0.125. The van der Waals surface area contributed by atoms with E-state index < -0.39 is 0 Å². The van der Waals surface area contributed by atoms with Gasteiger partial charge >= 0.3 is 0 Å². The van der Waals surface area contributed by atoms with E-state index in [0.29, 0.717) is 6.54 Å². The van der Waals surface area contributed by atoms with E-state index in [-0.39, 0.29) is 11.6 Å². The van der Waals surface area contributed by atoms with Gasteiger partial charge in [0, 0.05) is 16.7 Å². The average molecular weight is 374 g/mol. The van der Waals surface area contributed by atoms with E-state index in [1.165, 1.54) is 35.4 Å². The second kappa shape index (κ2) is 7.39. The van der Waals surface area contributed by atoms with Crippen LogP contribution in [0.3, 0.4) is 0 Å². The minimum atomic E-state index is -0.278. The predicted octanol–water partition coefficient (Wildman–Crippen LogP) is 6.16. The van der Waals surface area contributed by atoms with Crippen LogP contribution in [0.25, 0.3) is 22.5 Å². The van der Waals surface area contributed by atoms with Gasteiger partial charge in [0.25, 0.3) is 0 Å². The Kier molecular flexibility index (Phi) is 4.78. The van der Waals surface area contributed by atoms with Crippen LogP contribution in [0.15, 0.2) is 72.8 Å². The third-order valence-electron chi connectivity index (χ3n) is 5.01. The standard InChI is InChI=1S/C24H20F2N2/c1-16-5-3-4-6-20(16)15-28-24(19-9-13-22(26)14-10-19)17(2)23(27-28)18-7-11-21(25)12-8-18/h3-14H,15H2,1-2H3. The lowest BCUT2D eigenvalue weighted by Crippen LogP contribution is -2.05. The van der Waals surface area contributed by atoms with Crippen LogP contribution in [0.1, 0.15) is 16.7 Å². The summed E-state index contributed by atoms with van der Waals surface area (Å²) in [7, 11) is 0. The molecule has 2 nitrogen and oxygen atoms in total. The topological polar surface area (TPSA) is 17.8 Å². The molecule has 1 aromatic heterocycles. The summed E-state index contributed by atoms with van der Waals surface area (Å²) >= 11 is 0. The van der Waals surface area contributed by atoms with Gasteiger partial charge in [0.2, 0.25) is 0 Å². The molecule has 0 radical (unpaired) electrons. The molecule has 0 fully saturated rings. The molecule has 0 bridgehead atoms. The van der Waals surface area contributed by atoms with Gasteiger partial charge in [-0.2, -0.15) is 5.10 Å². The van der Waals surface area contributed by atoms with Gasteiger partial charge in [-0.25, -0.2) is 8.78 Å². The van der Waals surface area contributed by atoms with Crippen molar-refractivity contribution < 1.29 is 8.78 Å². The quantitative estimate of drug-likeness (QED) is 0.418. The Balaban J connectivity index is 1.87. The Hall–Kier alpha value is -3.27. The number of aromatic nitrogens is 2. The minimum Gasteiger partial charge on any atom is -0.260 e. The third kappa shape index (κ3) is 3.46. The highest BCUT2D eigenvalue weighted by atomic mass is 19.1. The molecule has 0 aliphatic rings. The van der Waals surface area contributed by atoms with Crippen molar-refractivity contribution in [1.82, 2.24) is 9.78 Å². The number of nitrogens with zero attached hydrogens (tertiary/aromatic N) is 2. The Morgan fingerprint density at radius 1 is 0.750 bits per heavy atom. The fourth-order valence-corrected chi connectivity index (χ4v) is 3.47. The van der Waals surface area contributed by atoms with Crippen molar-refractivity contribution in [3.8, 4) is 22.5 Å². The molecule has 0 spiro atoms. The second-order valence-corrected chi connectivity index (χ2v) is 6.92. The number of aryl methyl sites for hydroxylation is 1. The van der Waals surface area contributed by atoms with E-state index in [9.17, 15) is 8.78 Å². The molecule has 0 aliphatic carbocycles. The van der Waals surface area contributed by atoms with Gasteiger partial charge < -0.3 is 0 Å². The van der Waals surface area contributed by atoms with Crippen molar-refractivity contribution >= 4 is 0 Å². The molecule has 0 N–H and O–H groups in total. The number of rotatable bonds is 4. The summed E-state index contributed by atoms with van der Waals surface area (Å²) in [5, 5.41) is 4.85. The zero-order valence-corrected chi connectivity index (χ0v) is 15.8. The molecule has 0 unspecified atom stereocenters. The average Bonchev–Trinajstić information content (AvgIpc) is 3.01. The highest BCUT2D eigenvalue weighted by molar-refractivity contribution is 5.74. The van der Waals surface area contributed by atoms with Crippen LogP contribution in [0.4, 0.5) is 8.78 Å². The maximum absolute atomic E-state index is 13.5. The van der Waals surface area contributed by atoms with Gasteiger partial charge in [-0.1, -0.05) is 24.3 Å². The lowest BCUT2D eigenvalue weighted by molar-refractivity contribution is 0.627. The second-order valence-electron chi connectivity index (χ2n) is 6.92. The van der Waals surface area contributed by atoms with Crippen molar-refractivity contribution in [1.29, 1.82) is 0 Å². The van der Waals surface area contributed by atoms with Gasteiger partial charge in [0.1, 0.15) is 11.6 Å². The Labute approximate surface area is 163 Å². The molecule has 0 amide bonds. The van der Waals surface area contributed by atoms with E-state index in [4.69, 9.17) is 5.10 Å². The highest BCUT2D eigenvalue weighted by Crippen LogP contribution is 2.32. The lowest BCUT2D eigenvalue weighted by Gasteiger charge is -2.11.